The van der Waals surface area contributed by atoms with Gasteiger partial charge in [-0.1, -0.05) is 12.2 Å². The molecule has 3 rings (SSSR count). The smallest absolute Gasteiger partial charge is 0.420 e. The fraction of sp³-hybridized carbons (Fsp3) is 0.333. The van der Waals surface area contributed by atoms with Crippen molar-refractivity contribution in [3.63, 3.8) is 0 Å². The average Bonchev–Trinajstić information content (AvgIpc) is 2.78. The third-order valence-electron chi connectivity index (χ3n) is 5.46. The lowest BCUT2D eigenvalue weighted by molar-refractivity contribution is -0.139. The molecule has 10 heteroatoms. The topological polar surface area (TPSA) is 112 Å². The molecule has 1 heterocycles. The third-order valence-corrected chi connectivity index (χ3v) is 5.46. The highest BCUT2D eigenvalue weighted by atomic mass is 19.4. The van der Waals surface area contributed by atoms with E-state index in [2.05, 4.69) is 5.32 Å². The zero-order valence-electron chi connectivity index (χ0n) is 18.7. The number of ether oxygens (including phenoxy) is 1. The molecule has 2 aromatic rings. The minimum Gasteiger partial charge on any atom is -0.507 e. The molecular formula is C24H27F3N4O3. The van der Waals surface area contributed by atoms with Crippen LogP contribution in [0, 0.1) is 5.41 Å². The summed E-state index contributed by atoms with van der Waals surface area (Å²) >= 11 is 0. The largest absolute Gasteiger partial charge is 0.507 e. The van der Waals surface area contributed by atoms with Gasteiger partial charge in [-0.15, -0.1) is 0 Å². The molecule has 182 valence electrons. The summed E-state index contributed by atoms with van der Waals surface area (Å²) in [6.45, 7) is 2.58. The second-order valence-electron chi connectivity index (χ2n) is 7.96. The quantitative estimate of drug-likeness (QED) is 0.358. The number of rotatable bonds is 7. The highest BCUT2D eigenvalue weighted by Gasteiger charge is 2.36. The highest BCUT2D eigenvalue weighted by molar-refractivity contribution is 5.96. The number of carbonyl (C=O) groups is 1. The number of amidine groups is 1. The van der Waals surface area contributed by atoms with E-state index in [9.17, 15) is 23.1 Å². The first kappa shape index (κ1) is 25.1. The number of hydrogen-bond donors (Lipinski definition) is 4. The normalized spacial score (nSPS) is 14.8. The van der Waals surface area contributed by atoms with Crippen LogP contribution in [0.15, 0.2) is 42.5 Å². The molecule has 7 nitrogen and oxygen atoms in total. The molecule has 0 saturated carbocycles. The second kappa shape index (κ2) is 10.6. The van der Waals surface area contributed by atoms with Crippen molar-refractivity contribution in [3.8, 4) is 11.5 Å². The fourth-order valence-corrected chi connectivity index (χ4v) is 3.66. The molecule has 0 radical (unpaired) electrons. The minimum absolute atomic E-state index is 0.0368. The van der Waals surface area contributed by atoms with E-state index in [0.29, 0.717) is 37.1 Å². The number of benzene rings is 2. The molecule has 0 atom stereocenters. The van der Waals surface area contributed by atoms with Crippen molar-refractivity contribution < 1.29 is 27.8 Å². The summed E-state index contributed by atoms with van der Waals surface area (Å²) in [5, 5.41) is 20.7. The number of nitrogens with two attached hydrogens (primary N) is 1. The number of aromatic hydroxyl groups is 1. The van der Waals surface area contributed by atoms with Crippen LogP contribution in [0.3, 0.4) is 0 Å². The number of hydrogen-bond acceptors (Lipinski definition) is 5. The van der Waals surface area contributed by atoms with Crippen LogP contribution >= 0.6 is 0 Å². The van der Waals surface area contributed by atoms with E-state index < -0.39 is 17.6 Å². The fourth-order valence-electron chi connectivity index (χ4n) is 3.66. The van der Waals surface area contributed by atoms with Crippen molar-refractivity contribution in [3.05, 3.63) is 59.2 Å². The van der Waals surface area contributed by atoms with Crippen LogP contribution in [0.5, 0.6) is 11.5 Å². The zero-order valence-corrected chi connectivity index (χ0v) is 18.7. The number of anilines is 1. The maximum atomic E-state index is 13.8. The Kier molecular flexibility index (Phi) is 7.83. The van der Waals surface area contributed by atoms with Gasteiger partial charge in [-0.3, -0.25) is 10.2 Å². The maximum absolute atomic E-state index is 13.8. The summed E-state index contributed by atoms with van der Waals surface area (Å²) in [7, 11) is 0. The first-order chi connectivity index (χ1) is 16.1. The second-order valence-corrected chi connectivity index (χ2v) is 7.96. The van der Waals surface area contributed by atoms with Gasteiger partial charge in [0.05, 0.1) is 5.56 Å². The average molecular weight is 476 g/mol. The van der Waals surface area contributed by atoms with Gasteiger partial charge in [0.1, 0.15) is 23.4 Å². The molecule has 1 saturated heterocycles. The van der Waals surface area contributed by atoms with Gasteiger partial charge in [-0.05, 0) is 62.3 Å². The molecule has 1 aliphatic heterocycles. The van der Waals surface area contributed by atoms with Crippen LogP contribution in [0.25, 0.3) is 6.08 Å². The van der Waals surface area contributed by atoms with Crippen LogP contribution < -0.4 is 20.7 Å². The Morgan fingerprint density at radius 2 is 1.97 bits per heavy atom. The van der Waals surface area contributed by atoms with Crippen molar-refractivity contribution in [2.45, 2.75) is 32.0 Å². The van der Waals surface area contributed by atoms with Gasteiger partial charge in [0.2, 0.25) is 5.91 Å². The Labute approximate surface area is 195 Å². The van der Waals surface area contributed by atoms with Crippen LogP contribution in [-0.4, -0.2) is 42.6 Å². The molecular weight excluding hydrogens is 449 g/mol. The number of piperidine rings is 1. The summed E-state index contributed by atoms with van der Waals surface area (Å²) in [6.07, 6.45) is -0.694. The highest BCUT2D eigenvalue weighted by Crippen LogP contribution is 2.39. The SMILES string of the molecule is CC(=O)N(C/C=C/c1cc(C(=N)N)ccc1O)c1ccc(OC2CCNCC2)c(C(F)(F)F)c1. The standard InChI is InChI=1S/C24H27F3N4O3/c1-15(32)31(12-2-3-16-13-17(23(28)29)4-6-21(16)33)18-5-7-22(20(14-18)24(25,26)27)34-19-8-10-30-11-9-19/h2-7,13-14,19,30,33H,8-12H2,1H3,(H3,28,29)/b3-2+. The third kappa shape index (κ3) is 6.28. The van der Waals surface area contributed by atoms with E-state index in [1.54, 1.807) is 0 Å². The van der Waals surface area contributed by atoms with E-state index in [1.165, 1.54) is 54.3 Å². The molecule has 34 heavy (non-hydrogen) atoms. The van der Waals surface area contributed by atoms with Crippen molar-refractivity contribution >= 4 is 23.5 Å². The monoisotopic (exact) mass is 476 g/mol. The van der Waals surface area contributed by atoms with Gasteiger partial charge in [-0.25, -0.2) is 0 Å². The molecule has 1 aliphatic rings. The summed E-state index contributed by atoms with van der Waals surface area (Å²) in [4.78, 5) is 13.4. The lowest BCUT2D eigenvalue weighted by Crippen LogP contribution is -2.34. The number of nitrogen functional groups attached to an aromatic ring is 1. The van der Waals surface area contributed by atoms with Gasteiger partial charge >= 0.3 is 6.18 Å². The van der Waals surface area contributed by atoms with Crippen molar-refractivity contribution in [1.29, 1.82) is 5.41 Å². The number of phenols is 1. The molecule has 1 amide bonds. The van der Waals surface area contributed by atoms with Crippen LogP contribution in [0.2, 0.25) is 0 Å². The van der Waals surface area contributed by atoms with Gasteiger partial charge in [0, 0.05) is 30.3 Å². The number of halogens is 3. The number of phenolic OH excluding ortho intramolecular Hbond substituents is 1. The van der Waals surface area contributed by atoms with E-state index in [4.69, 9.17) is 15.9 Å². The van der Waals surface area contributed by atoms with Gasteiger partial charge in [0.25, 0.3) is 0 Å². The Balaban J connectivity index is 1.85. The Bertz CT molecular complexity index is 1080. The van der Waals surface area contributed by atoms with E-state index >= 15 is 0 Å². The van der Waals surface area contributed by atoms with Gasteiger partial charge in [0.15, 0.2) is 0 Å². The molecule has 5 N–H and O–H groups in total. The molecule has 1 fully saturated rings. The van der Waals surface area contributed by atoms with Crippen LogP contribution in [-0.2, 0) is 11.0 Å². The van der Waals surface area contributed by atoms with E-state index in [-0.39, 0.29) is 35.7 Å². The van der Waals surface area contributed by atoms with E-state index in [1.807, 2.05) is 0 Å². The zero-order chi connectivity index (χ0) is 24.9. The number of carbonyl (C=O) groups excluding carboxylic acids is 1. The number of nitrogens with one attached hydrogen (secondary N) is 2. The first-order valence-electron chi connectivity index (χ1n) is 10.8. The van der Waals surface area contributed by atoms with Crippen LogP contribution in [0.1, 0.15) is 36.5 Å². The summed E-state index contributed by atoms with van der Waals surface area (Å²) in [5.41, 5.74) is 5.36. The van der Waals surface area contributed by atoms with Gasteiger partial charge in [-0.2, -0.15) is 13.2 Å². The Morgan fingerprint density at radius 1 is 1.26 bits per heavy atom. The molecule has 0 unspecified atom stereocenters. The molecule has 2 aromatic carbocycles. The first-order valence-corrected chi connectivity index (χ1v) is 10.8. The molecule has 0 aromatic heterocycles. The summed E-state index contributed by atoms with van der Waals surface area (Å²) < 4.78 is 47.1. The molecule has 0 aliphatic carbocycles. The van der Waals surface area contributed by atoms with E-state index in [0.717, 1.165) is 6.07 Å². The van der Waals surface area contributed by atoms with Gasteiger partial charge < -0.3 is 25.8 Å². The Hall–Kier alpha value is -3.53. The van der Waals surface area contributed by atoms with Crippen molar-refractivity contribution in [2.75, 3.05) is 24.5 Å². The van der Waals surface area contributed by atoms with Crippen LogP contribution in [0.4, 0.5) is 18.9 Å². The van der Waals surface area contributed by atoms with Crippen molar-refractivity contribution in [2.24, 2.45) is 5.73 Å². The number of nitrogens with zero attached hydrogens (tertiary/aromatic N) is 1. The maximum Gasteiger partial charge on any atom is 0.420 e. The lowest BCUT2D eigenvalue weighted by atomic mass is 10.1. The Morgan fingerprint density at radius 3 is 2.59 bits per heavy atom. The lowest BCUT2D eigenvalue weighted by Gasteiger charge is -2.27. The predicted octanol–water partition coefficient (Wildman–Crippen LogP) is 3.89. The molecule has 0 bridgehead atoms. The summed E-state index contributed by atoms with van der Waals surface area (Å²) in [5.74, 6) is -0.944. The molecule has 0 spiro atoms. The van der Waals surface area contributed by atoms with Crippen molar-refractivity contribution in [1.82, 2.24) is 5.32 Å². The summed E-state index contributed by atoms with van der Waals surface area (Å²) in [6, 6.07) is 7.97. The number of amides is 1. The minimum atomic E-state index is -4.66. The predicted molar refractivity (Wildman–Crippen MR) is 124 cm³/mol. The number of alkyl halides is 3.